The highest BCUT2D eigenvalue weighted by Gasteiger charge is 1.99. The molecule has 0 radical (unpaired) electrons. The molecule has 108 valence electrons. The number of carbonyl (C=O) groups excluding carboxylic acids is 1. The lowest BCUT2D eigenvalue weighted by molar-refractivity contribution is 0.247. The zero-order valence-corrected chi connectivity index (χ0v) is 13.7. The summed E-state index contributed by atoms with van der Waals surface area (Å²) in [6.07, 6.45) is 1.59. The molecular formula is C15H14BrN3OS. The van der Waals surface area contributed by atoms with Crippen molar-refractivity contribution in [2.45, 2.75) is 11.8 Å². The summed E-state index contributed by atoms with van der Waals surface area (Å²) < 4.78 is 3.66. The number of rotatable bonds is 4. The zero-order valence-electron chi connectivity index (χ0n) is 11.3. The van der Waals surface area contributed by atoms with E-state index in [0.29, 0.717) is 0 Å². The molecule has 2 rings (SSSR count). The first-order chi connectivity index (χ1) is 10.1. The van der Waals surface area contributed by atoms with Gasteiger partial charge in [-0.15, -0.1) is 0 Å². The van der Waals surface area contributed by atoms with Gasteiger partial charge in [0.2, 0.25) is 0 Å². The summed E-state index contributed by atoms with van der Waals surface area (Å²) in [7, 11) is 0. The molecule has 0 bridgehead atoms. The van der Waals surface area contributed by atoms with Gasteiger partial charge in [0.05, 0.1) is 6.21 Å². The number of amides is 2. The van der Waals surface area contributed by atoms with Crippen LogP contribution in [-0.4, -0.2) is 12.2 Å². The number of benzene rings is 2. The number of hydrazone groups is 1. The minimum Gasteiger partial charge on any atom is -0.276 e. The molecule has 0 aromatic heterocycles. The number of urea groups is 1. The van der Waals surface area contributed by atoms with Crippen molar-refractivity contribution < 1.29 is 4.79 Å². The quantitative estimate of drug-likeness (QED) is 0.488. The summed E-state index contributed by atoms with van der Waals surface area (Å²) in [5, 5.41) is 3.88. The lowest BCUT2D eigenvalue weighted by Crippen LogP contribution is -2.27. The predicted octanol–water partition coefficient (Wildman–Crippen LogP) is 4.10. The Morgan fingerprint density at radius 3 is 2.48 bits per heavy atom. The molecule has 6 heteroatoms. The number of nitrogens with zero attached hydrogens (tertiary/aromatic N) is 1. The van der Waals surface area contributed by atoms with E-state index in [1.165, 1.54) is 17.5 Å². The van der Waals surface area contributed by atoms with Crippen molar-refractivity contribution in [2.24, 2.45) is 5.10 Å². The van der Waals surface area contributed by atoms with Crippen molar-refractivity contribution >= 4 is 40.1 Å². The van der Waals surface area contributed by atoms with Gasteiger partial charge in [-0.1, -0.05) is 45.8 Å². The van der Waals surface area contributed by atoms with E-state index in [1.807, 2.05) is 55.5 Å². The Hall–Kier alpha value is -1.79. The highest BCUT2D eigenvalue weighted by molar-refractivity contribution is 9.10. The Morgan fingerprint density at radius 2 is 1.81 bits per heavy atom. The van der Waals surface area contributed by atoms with Gasteiger partial charge in [0.15, 0.2) is 0 Å². The zero-order chi connectivity index (χ0) is 15.1. The second-order valence-electron chi connectivity index (χ2n) is 4.27. The maximum atomic E-state index is 11.6. The van der Waals surface area contributed by atoms with E-state index >= 15 is 0 Å². The topological polar surface area (TPSA) is 53.5 Å². The van der Waals surface area contributed by atoms with Crippen LogP contribution < -0.4 is 10.1 Å². The van der Waals surface area contributed by atoms with Crippen LogP contribution in [0.5, 0.6) is 0 Å². The van der Waals surface area contributed by atoms with Crippen molar-refractivity contribution in [3.05, 3.63) is 64.1 Å². The first kappa shape index (κ1) is 15.6. The van der Waals surface area contributed by atoms with E-state index in [0.717, 1.165) is 14.9 Å². The highest BCUT2D eigenvalue weighted by Crippen LogP contribution is 2.14. The van der Waals surface area contributed by atoms with Crippen LogP contribution in [-0.2, 0) is 0 Å². The van der Waals surface area contributed by atoms with Gasteiger partial charge in [-0.25, -0.2) is 10.2 Å². The summed E-state index contributed by atoms with van der Waals surface area (Å²) in [6.45, 7) is 2.02. The lowest BCUT2D eigenvalue weighted by Gasteiger charge is -2.03. The van der Waals surface area contributed by atoms with E-state index in [9.17, 15) is 4.79 Å². The van der Waals surface area contributed by atoms with Gasteiger partial charge in [-0.05, 0) is 48.7 Å². The third-order valence-corrected chi connectivity index (χ3v) is 3.86. The van der Waals surface area contributed by atoms with Crippen LogP contribution in [0, 0.1) is 6.92 Å². The Balaban J connectivity index is 1.77. The normalized spacial score (nSPS) is 10.6. The molecule has 0 aliphatic heterocycles. The number of nitrogens with one attached hydrogen (secondary N) is 2. The second kappa shape index (κ2) is 7.85. The molecule has 0 aliphatic rings. The van der Waals surface area contributed by atoms with Crippen LogP contribution in [0.15, 0.2) is 63.0 Å². The summed E-state index contributed by atoms with van der Waals surface area (Å²) in [4.78, 5) is 12.5. The smallest absolute Gasteiger partial charge is 0.276 e. The van der Waals surface area contributed by atoms with Crippen LogP contribution in [0.4, 0.5) is 4.79 Å². The summed E-state index contributed by atoms with van der Waals surface area (Å²) in [5.74, 6) is 0. The van der Waals surface area contributed by atoms with Gasteiger partial charge in [0.1, 0.15) is 0 Å². The van der Waals surface area contributed by atoms with Crippen LogP contribution in [0.25, 0.3) is 0 Å². The fraction of sp³-hybridized carbons (Fsp3) is 0.0667. The molecule has 0 heterocycles. The SMILES string of the molecule is Cc1ccc(SNC(=O)N/N=C/c2ccc(Br)cc2)cc1. The van der Waals surface area contributed by atoms with Crippen molar-refractivity contribution in [1.29, 1.82) is 0 Å². The molecule has 2 amide bonds. The fourth-order valence-electron chi connectivity index (χ4n) is 1.45. The molecule has 4 nitrogen and oxygen atoms in total. The molecule has 0 saturated carbocycles. The molecule has 0 saturated heterocycles. The largest absolute Gasteiger partial charge is 0.345 e. The summed E-state index contributed by atoms with van der Waals surface area (Å²) in [6, 6.07) is 15.1. The Labute approximate surface area is 136 Å². The Bertz CT molecular complexity index is 626. The molecule has 2 aromatic carbocycles. The molecule has 21 heavy (non-hydrogen) atoms. The molecule has 0 unspecified atom stereocenters. The number of carbonyl (C=O) groups is 1. The van der Waals surface area contributed by atoms with Gasteiger partial charge in [0.25, 0.3) is 0 Å². The van der Waals surface area contributed by atoms with E-state index in [-0.39, 0.29) is 6.03 Å². The van der Waals surface area contributed by atoms with Gasteiger partial charge in [-0.2, -0.15) is 5.10 Å². The average molecular weight is 364 g/mol. The minimum absolute atomic E-state index is 0.367. The van der Waals surface area contributed by atoms with Gasteiger partial charge >= 0.3 is 6.03 Å². The molecule has 0 fully saturated rings. The summed E-state index contributed by atoms with van der Waals surface area (Å²) >= 11 is 4.60. The Kier molecular flexibility index (Phi) is 5.83. The molecule has 0 aliphatic carbocycles. The first-order valence-corrected chi connectivity index (χ1v) is 7.82. The molecule has 2 aromatic rings. The van der Waals surface area contributed by atoms with Crippen LogP contribution in [0.1, 0.15) is 11.1 Å². The molecule has 0 atom stereocenters. The van der Waals surface area contributed by atoms with Gasteiger partial charge in [-0.3, -0.25) is 4.72 Å². The van der Waals surface area contributed by atoms with Crippen LogP contribution >= 0.6 is 27.9 Å². The van der Waals surface area contributed by atoms with E-state index in [2.05, 4.69) is 31.2 Å². The average Bonchev–Trinajstić information content (AvgIpc) is 2.49. The van der Waals surface area contributed by atoms with E-state index in [1.54, 1.807) is 6.21 Å². The number of hydrogen-bond acceptors (Lipinski definition) is 3. The summed E-state index contributed by atoms with van der Waals surface area (Å²) in [5.41, 5.74) is 4.50. The highest BCUT2D eigenvalue weighted by atomic mass is 79.9. The number of halogens is 1. The van der Waals surface area contributed by atoms with Crippen LogP contribution in [0.2, 0.25) is 0 Å². The van der Waals surface area contributed by atoms with Crippen molar-refractivity contribution in [2.75, 3.05) is 0 Å². The minimum atomic E-state index is -0.367. The standard InChI is InChI=1S/C15H14BrN3OS/c1-11-2-8-14(9-3-11)21-19-15(20)18-17-10-12-4-6-13(16)7-5-12/h2-10H,1H3,(H2,18,19,20)/b17-10+. The number of aryl methyl sites for hydroxylation is 1. The van der Waals surface area contributed by atoms with Gasteiger partial charge in [0, 0.05) is 9.37 Å². The number of hydrogen-bond donors (Lipinski definition) is 2. The third-order valence-electron chi connectivity index (χ3n) is 2.53. The second-order valence-corrected chi connectivity index (χ2v) is 6.06. The van der Waals surface area contributed by atoms with E-state index < -0.39 is 0 Å². The first-order valence-electron chi connectivity index (χ1n) is 6.21. The van der Waals surface area contributed by atoms with Crippen molar-refractivity contribution in [3.8, 4) is 0 Å². The van der Waals surface area contributed by atoms with Gasteiger partial charge < -0.3 is 0 Å². The monoisotopic (exact) mass is 363 g/mol. The maximum absolute atomic E-state index is 11.6. The third kappa shape index (κ3) is 5.61. The van der Waals surface area contributed by atoms with Crippen LogP contribution in [0.3, 0.4) is 0 Å². The predicted molar refractivity (Wildman–Crippen MR) is 90.4 cm³/mol. The lowest BCUT2D eigenvalue weighted by atomic mass is 10.2. The molecule has 2 N–H and O–H groups in total. The van der Waals surface area contributed by atoms with Crippen molar-refractivity contribution in [1.82, 2.24) is 10.1 Å². The molecule has 0 spiro atoms. The van der Waals surface area contributed by atoms with Crippen molar-refractivity contribution in [3.63, 3.8) is 0 Å². The maximum Gasteiger partial charge on any atom is 0.345 e. The fourth-order valence-corrected chi connectivity index (χ4v) is 2.24. The molecular weight excluding hydrogens is 350 g/mol. The Morgan fingerprint density at radius 1 is 1.14 bits per heavy atom. The van der Waals surface area contributed by atoms with E-state index in [4.69, 9.17) is 0 Å².